The second-order valence-corrected chi connectivity index (χ2v) is 13.8. The Morgan fingerprint density at radius 1 is 0.978 bits per heavy atom. The minimum absolute atomic E-state index is 0.107. The van der Waals surface area contributed by atoms with Gasteiger partial charge in [-0.05, 0) is 12.2 Å². The second kappa shape index (κ2) is 13.3. The van der Waals surface area contributed by atoms with E-state index in [2.05, 4.69) is 54.8 Å². The molecule has 0 aromatic carbocycles. The van der Waals surface area contributed by atoms with Crippen molar-refractivity contribution >= 4 is 74.3 Å². The summed E-state index contributed by atoms with van der Waals surface area (Å²) in [6.07, 6.45) is -3.20. The highest BCUT2D eigenvalue weighted by Crippen LogP contribution is 2.57. The average Bonchev–Trinajstić information content (AvgIpc) is 3.77. The standard InChI is InChI=1S/C22H27FN10O8P2S2/c23-12-9(1-2-44)21(32-7-30-13-17(24)26-5-28-19(13)32)39-10(12)4-38-43(36,45)41-16-11(3-37-42-35)40-22(15(16)34)33-8-31-14-18(25)27-6-29-20(14)33/h5-12,15-16,21-22,34,44H,1-4H2,(H,36,45)(H2,24,26,28)(H2,25,27,29)/t9-,10-,11-,12+,15-,16-,21-,22-,43?/m1/s1. The first-order chi connectivity index (χ1) is 21.6. The van der Waals surface area contributed by atoms with E-state index in [9.17, 15) is 14.2 Å². The Morgan fingerprint density at radius 3 is 2.18 bits per heavy atom. The van der Waals surface area contributed by atoms with Crippen LogP contribution in [0.2, 0.25) is 0 Å². The highest BCUT2D eigenvalue weighted by atomic mass is 32.7. The monoisotopic (exact) mass is 704 g/mol. The molecule has 242 valence electrons. The van der Waals surface area contributed by atoms with Crippen LogP contribution < -0.4 is 11.5 Å². The lowest BCUT2D eigenvalue weighted by molar-refractivity contribution is -0.0465. The summed E-state index contributed by atoms with van der Waals surface area (Å²) in [6, 6.07) is 0. The number of aromatic nitrogens is 8. The summed E-state index contributed by atoms with van der Waals surface area (Å²) in [7, 11) is -0.665. The Labute approximate surface area is 265 Å². The Kier molecular flexibility index (Phi) is 9.54. The summed E-state index contributed by atoms with van der Waals surface area (Å²) in [5, 5.41) is 11.2. The van der Waals surface area contributed by atoms with Gasteiger partial charge in [0.15, 0.2) is 29.2 Å². The predicted molar refractivity (Wildman–Crippen MR) is 161 cm³/mol. The first kappa shape index (κ1) is 32.4. The summed E-state index contributed by atoms with van der Waals surface area (Å²) in [5.41, 5.74) is 13.0. The van der Waals surface area contributed by atoms with Crippen molar-refractivity contribution in [1.82, 2.24) is 39.0 Å². The number of nitrogens with two attached hydrogens (primary N) is 2. The van der Waals surface area contributed by atoms with Gasteiger partial charge >= 0.3 is 15.5 Å². The van der Waals surface area contributed by atoms with Crippen LogP contribution in [-0.2, 0) is 32.2 Å². The Morgan fingerprint density at radius 2 is 1.58 bits per heavy atom. The number of rotatable bonds is 12. The van der Waals surface area contributed by atoms with Gasteiger partial charge in [0.25, 0.3) is 0 Å². The van der Waals surface area contributed by atoms with E-state index in [0.29, 0.717) is 23.3 Å². The molecule has 2 saturated heterocycles. The minimum Gasteiger partial charge on any atom is -0.386 e. The van der Waals surface area contributed by atoms with Crippen LogP contribution in [0.1, 0.15) is 18.9 Å². The lowest BCUT2D eigenvalue weighted by Gasteiger charge is -2.24. The molecular formula is C22H27FN10O8P2S2. The molecule has 0 amide bonds. The topological polar surface area (TPSA) is 240 Å². The largest absolute Gasteiger partial charge is 0.386 e. The molecule has 45 heavy (non-hydrogen) atoms. The number of alkyl halides is 1. The smallest absolute Gasteiger partial charge is 0.386 e. The minimum atomic E-state index is -4.32. The highest BCUT2D eigenvalue weighted by molar-refractivity contribution is 8.44. The van der Waals surface area contributed by atoms with Crippen molar-refractivity contribution in [2.45, 2.75) is 49.5 Å². The molecule has 2 fully saturated rings. The number of nitrogens with zero attached hydrogens (tertiary/aromatic N) is 8. The maximum absolute atomic E-state index is 15.7. The molecule has 2 aliphatic rings. The number of ether oxygens (including phenoxy) is 2. The number of hydrogen-bond acceptors (Lipinski definition) is 17. The van der Waals surface area contributed by atoms with E-state index >= 15 is 4.39 Å². The molecule has 18 nitrogen and oxygen atoms in total. The van der Waals surface area contributed by atoms with E-state index in [1.807, 2.05) is 0 Å². The third-order valence-electron chi connectivity index (χ3n) is 7.49. The van der Waals surface area contributed by atoms with Gasteiger partial charge in [-0.1, -0.05) is 12.2 Å². The van der Waals surface area contributed by atoms with E-state index in [1.165, 1.54) is 29.9 Å². The fraction of sp³-hybridized carbons (Fsp3) is 0.545. The molecule has 6 rings (SSSR count). The number of halogens is 1. The molecule has 0 radical (unpaired) electrons. The van der Waals surface area contributed by atoms with E-state index in [0.717, 1.165) is 0 Å². The second-order valence-electron chi connectivity index (χ2n) is 10.1. The lowest BCUT2D eigenvalue weighted by atomic mass is 9.98. The zero-order valence-corrected chi connectivity index (χ0v) is 26.5. The molecule has 2 aliphatic heterocycles. The number of thiol groups is 2. The normalized spacial score (nSPS) is 30.0. The molecule has 0 saturated carbocycles. The molecule has 0 aliphatic carbocycles. The molecular weight excluding hydrogens is 677 g/mol. The average molecular weight is 705 g/mol. The van der Waals surface area contributed by atoms with Gasteiger partial charge < -0.3 is 26.0 Å². The SMILES string of the molecule is Nc1ncnc2c1ncn2[C@@H]1O[C@H](COP=O)[C@@H](OP(=O)(S)OC[C@H]2O[C@@H](n3cnc4c(N)ncnc43)[C@H](CCS)[C@@H]2F)[C@H]1O. The molecule has 6 heterocycles. The molecule has 0 spiro atoms. The predicted octanol–water partition coefficient (Wildman–Crippen LogP) is 1.92. The number of nitrogen functional groups attached to an aromatic ring is 2. The Bertz CT molecular complexity index is 1740. The lowest BCUT2D eigenvalue weighted by Crippen LogP contribution is -2.35. The molecule has 5 N–H and O–H groups in total. The van der Waals surface area contributed by atoms with Gasteiger partial charge in [0, 0.05) is 5.92 Å². The van der Waals surface area contributed by atoms with Crippen molar-refractivity contribution in [3.05, 3.63) is 25.3 Å². The van der Waals surface area contributed by atoms with E-state index in [-0.39, 0.29) is 29.4 Å². The van der Waals surface area contributed by atoms with Crippen molar-refractivity contribution in [3.63, 3.8) is 0 Å². The van der Waals surface area contributed by atoms with Crippen molar-refractivity contribution in [2.24, 2.45) is 5.92 Å². The zero-order valence-electron chi connectivity index (χ0n) is 23.0. The van der Waals surface area contributed by atoms with Crippen LogP contribution in [0.25, 0.3) is 22.3 Å². The number of aliphatic hydroxyl groups is 1. The van der Waals surface area contributed by atoms with Crippen molar-refractivity contribution < 1.29 is 41.7 Å². The Hall–Kier alpha value is -2.58. The number of aliphatic hydroxyl groups excluding tert-OH is 1. The van der Waals surface area contributed by atoms with Gasteiger partial charge in [-0.25, -0.2) is 43.4 Å². The summed E-state index contributed by atoms with van der Waals surface area (Å²) in [5.74, 6) is -0.0694. The van der Waals surface area contributed by atoms with Crippen LogP contribution >= 0.6 is 40.4 Å². The van der Waals surface area contributed by atoms with Crippen LogP contribution in [0.3, 0.4) is 0 Å². The van der Waals surface area contributed by atoms with Gasteiger partial charge in [0.1, 0.15) is 60.5 Å². The maximum Gasteiger partial charge on any atom is 0.386 e. The van der Waals surface area contributed by atoms with Crippen LogP contribution in [0.4, 0.5) is 16.0 Å². The quantitative estimate of drug-likeness (QED) is 0.105. The number of fused-ring (bicyclic) bond motifs is 2. The van der Waals surface area contributed by atoms with Crippen molar-refractivity contribution in [1.29, 1.82) is 0 Å². The number of hydrogen-bond donors (Lipinski definition) is 5. The Balaban J connectivity index is 1.17. The van der Waals surface area contributed by atoms with Gasteiger partial charge in [-0.15, -0.1) is 0 Å². The fourth-order valence-electron chi connectivity index (χ4n) is 5.42. The van der Waals surface area contributed by atoms with Crippen LogP contribution in [-0.4, -0.2) is 93.7 Å². The van der Waals surface area contributed by atoms with E-state index in [4.69, 9.17) is 34.5 Å². The molecule has 9 atom stereocenters. The summed E-state index contributed by atoms with van der Waals surface area (Å²) in [6.45, 7) is -5.18. The van der Waals surface area contributed by atoms with Crippen LogP contribution in [0.15, 0.2) is 25.3 Å². The maximum atomic E-state index is 15.7. The molecule has 1 unspecified atom stereocenters. The molecule has 4 aromatic heterocycles. The van der Waals surface area contributed by atoms with Crippen molar-refractivity contribution in [2.75, 3.05) is 30.4 Å². The molecule has 4 aromatic rings. The van der Waals surface area contributed by atoms with Gasteiger partial charge in [0.05, 0.1) is 25.9 Å². The first-order valence-electron chi connectivity index (χ1n) is 13.3. The van der Waals surface area contributed by atoms with Crippen molar-refractivity contribution in [3.8, 4) is 0 Å². The van der Waals surface area contributed by atoms with E-state index in [1.54, 1.807) is 4.57 Å². The molecule has 0 bridgehead atoms. The van der Waals surface area contributed by atoms with Gasteiger partial charge in [0.2, 0.25) is 0 Å². The zero-order chi connectivity index (χ0) is 31.9. The van der Waals surface area contributed by atoms with Gasteiger partial charge in [-0.2, -0.15) is 12.6 Å². The third-order valence-corrected chi connectivity index (χ3v) is 9.61. The summed E-state index contributed by atoms with van der Waals surface area (Å²) < 4.78 is 71.1. The summed E-state index contributed by atoms with van der Waals surface area (Å²) >= 11 is 8.33. The highest BCUT2D eigenvalue weighted by Gasteiger charge is 2.50. The molecule has 23 heteroatoms. The fourth-order valence-corrected chi connectivity index (χ4v) is 7.42. The van der Waals surface area contributed by atoms with Crippen LogP contribution in [0, 0.1) is 5.92 Å². The third kappa shape index (κ3) is 6.26. The summed E-state index contributed by atoms with van der Waals surface area (Å²) in [4.78, 5) is 24.5. The van der Waals surface area contributed by atoms with E-state index < -0.39 is 71.1 Å². The number of imidazole rings is 2. The van der Waals surface area contributed by atoms with Gasteiger partial charge in [-0.3, -0.25) is 22.7 Å². The first-order valence-corrected chi connectivity index (χ1v) is 17.4. The number of anilines is 2. The van der Waals surface area contributed by atoms with Crippen LogP contribution in [0.5, 0.6) is 0 Å².